The number of benzene rings is 1. The van der Waals surface area contributed by atoms with Crippen molar-refractivity contribution in [3.05, 3.63) is 46.2 Å². The number of alkyl halides is 3. The first kappa shape index (κ1) is 17.3. The number of hydrogen-bond acceptors (Lipinski definition) is 5. The first-order valence-electron chi connectivity index (χ1n) is 7.13. The van der Waals surface area contributed by atoms with Gasteiger partial charge in [-0.15, -0.1) is 11.3 Å². The fraction of sp³-hybridized carbons (Fsp3) is 0.267. The lowest BCUT2D eigenvalue weighted by atomic mass is 9.93. The molecule has 2 heterocycles. The normalized spacial score (nSPS) is 22.3. The predicted octanol–water partition coefficient (Wildman–Crippen LogP) is 3.31. The van der Waals surface area contributed by atoms with Crippen molar-refractivity contribution in [3.63, 3.8) is 0 Å². The molecule has 3 N–H and O–H groups in total. The molecule has 0 saturated heterocycles. The smallest absolute Gasteiger partial charge is 0.284 e. The van der Waals surface area contributed by atoms with Gasteiger partial charge < -0.3 is 11.1 Å². The van der Waals surface area contributed by atoms with Crippen molar-refractivity contribution in [2.45, 2.75) is 24.6 Å². The molecule has 25 heavy (non-hydrogen) atoms. The van der Waals surface area contributed by atoms with E-state index in [0.717, 1.165) is 23.5 Å². The van der Waals surface area contributed by atoms with E-state index in [9.17, 15) is 22.4 Å². The van der Waals surface area contributed by atoms with E-state index >= 15 is 0 Å². The summed E-state index contributed by atoms with van der Waals surface area (Å²) in [5, 5.41) is 4.20. The van der Waals surface area contributed by atoms with Crippen LogP contribution >= 0.6 is 11.3 Å². The average molecular weight is 372 g/mol. The van der Waals surface area contributed by atoms with Gasteiger partial charge in [-0.05, 0) is 18.2 Å². The van der Waals surface area contributed by atoms with E-state index in [1.807, 2.05) is 0 Å². The third-order valence-corrected chi connectivity index (χ3v) is 4.40. The molecule has 0 fully saturated rings. The van der Waals surface area contributed by atoms with E-state index in [0.29, 0.717) is 0 Å². The second kappa shape index (κ2) is 6.43. The van der Waals surface area contributed by atoms with Crippen molar-refractivity contribution in [2.75, 3.05) is 5.32 Å². The number of carbonyl (C=O) groups is 1. The van der Waals surface area contributed by atoms with Gasteiger partial charge in [0.15, 0.2) is 11.2 Å². The van der Waals surface area contributed by atoms with Gasteiger partial charge >= 0.3 is 0 Å². The Kier molecular flexibility index (Phi) is 4.46. The van der Waals surface area contributed by atoms with Crippen molar-refractivity contribution >= 4 is 28.8 Å². The number of aromatic nitrogens is 1. The summed E-state index contributed by atoms with van der Waals surface area (Å²) in [5.74, 6) is -5.73. The summed E-state index contributed by atoms with van der Waals surface area (Å²) in [7, 11) is 0. The lowest BCUT2D eigenvalue weighted by Crippen LogP contribution is -2.41. The Labute approximate surface area is 143 Å². The van der Waals surface area contributed by atoms with Gasteiger partial charge in [0.25, 0.3) is 11.8 Å². The van der Waals surface area contributed by atoms with Gasteiger partial charge in [0.05, 0.1) is 6.42 Å². The largest absolute Gasteiger partial charge is 0.385 e. The molecule has 2 unspecified atom stereocenters. The van der Waals surface area contributed by atoms with Crippen LogP contribution in [0.2, 0.25) is 0 Å². The van der Waals surface area contributed by atoms with E-state index in [2.05, 4.69) is 15.3 Å². The monoisotopic (exact) mass is 372 g/mol. The van der Waals surface area contributed by atoms with E-state index < -0.39 is 47.7 Å². The molecule has 1 aliphatic rings. The van der Waals surface area contributed by atoms with Gasteiger partial charge in [0, 0.05) is 22.8 Å². The molecule has 1 aromatic carbocycles. The van der Waals surface area contributed by atoms with Gasteiger partial charge in [0.2, 0.25) is 0 Å². The third-order valence-electron chi connectivity index (χ3n) is 3.63. The highest BCUT2D eigenvalue weighted by Gasteiger charge is 2.48. The minimum Gasteiger partial charge on any atom is -0.385 e. The molecule has 1 amide bonds. The van der Waals surface area contributed by atoms with Crippen molar-refractivity contribution in [3.8, 4) is 0 Å². The molecular weight excluding hydrogens is 360 g/mol. The summed E-state index contributed by atoms with van der Waals surface area (Å²) in [4.78, 5) is 19.2. The molecule has 3 rings (SSSR count). The number of anilines is 1. The molecule has 1 aromatic heterocycles. The summed E-state index contributed by atoms with van der Waals surface area (Å²) < 4.78 is 55.7. The van der Waals surface area contributed by atoms with Crippen molar-refractivity contribution in [2.24, 2.45) is 10.7 Å². The maximum Gasteiger partial charge on any atom is 0.284 e. The first-order valence-corrected chi connectivity index (χ1v) is 8.01. The number of aliphatic imine (C=N–C) groups is 1. The van der Waals surface area contributed by atoms with Gasteiger partial charge in [-0.3, -0.25) is 9.79 Å². The molecule has 10 heteroatoms. The van der Waals surface area contributed by atoms with Crippen molar-refractivity contribution < 1.29 is 22.4 Å². The first-order chi connectivity index (χ1) is 11.8. The number of carbonyl (C=O) groups excluding carboxylic acids is 1. The molecule has 132 valence electrons. The maximum atomic E-state index is 14.1. The number of amidine groups is 1. The molecule has 0 aliphatic carbocycles. The fourth-order valence-corrected chi connectivity index (χ4v) is 2.96. The average Bonchev–Trinajstić information content (AvgIpc) is 3.07. The molecular formula is C15H12F4N4OS. The molecule has 2 aromatic rings. The number of amides is 1. The van der Waals surface area contributed by atoms with Crippen LogP contribution in [-0.4, -0.2) is 28.8 Å². The van der Waals surface area contributed by atoms with Crippen LogP contribution in [0, 0.1) is 5.82 Å². The maximum absolute atomic E-state index is 14.1. The van der Waals surface area contributed by atoms with Crippen LogP contribution in [0.3, 0.4) is 0 Å². The number of rotatable bonds is 3. The number of halogens is 4. The second-order valence-electron chi connectivity index (χ2n) is 5.42. The summed E-state index contributed by atoms with van der Waals surface area (Å²) in [5.41, 5.74) is 4.91. The highest BCUT2D eigenvalue weighted by molar-refractivity contribution is 7.11. The van der Waals surface area contributed by atoms with Crippen LogP contribution in [-0.2, 0) is 0 Å². The summed E-state index contributed by atoms with van der Waals surface area (Å²) in [6, 6.07) is 1.22. The standard InChI is InChI=1S/C15H12F4N4OS/c16-9-2-1-7(22-13(24)14-21-3-4-25-14)5-8(9)11-15(18,19)6-10(17)12(20)23-11/h1-5,10-11H,6H2,(H2,20,23)(H,22,24). The van der Waals surface area contributed by atoms with Crippen LogP contribution in [0.5, 0.6) is 0 Å². The molecule has 5 nitrogen and oxygen atoms in total. The lowest BCUT2D eigenvalue weighted by molar-refractivity contribution is -0.0511. The zero-order chi connectivity index (χ0) is 18.2. The zero-order valence-corrected chi connectivity index (χ0v) is 13.4. The highest BCUT2D eigenvalue weighted by Crippen LogP contribution is 2.43. The molecule has 0 bridgehead atoms. The fourth-order valence-electron chi connectivity index (χ4n) is 2.43. The van der Waals surface area contributed by atoms with Gasteiger partial charge in [-0.2, -0.15) is 0 Å². The number of hydrogen-bond donors (Lipinski definition) is 2. The number of thiazole rings is 1. The van der Waals surface area contributed by atoms with E-state index in [1.165, 1.54) is 12.3 Å². The highest BCUT2D eigenvalue weighted by atomic mass is 32.1. The van der Waals surface area contributed by atoms with Crippen LogP contribution in [0.4, 0.5) is 23.2 Å². The van der Waals surface area contributed by atoms with Crippen LogP contribution in [0.15, 0.2) is 34.8 Å². The molecule has 1 aliphatic heterocycles. The Morgan fingerprint density at radius 3 is 2.84 bits per heavy atom. The Hall–Kier alpha value is -2.49. The SMILES string of the molecule is NC1=NC(c2cc(NC(=O)c3nccs3)ccc2F)C(F)(F)CC1F. The van der Waals surface area contributed by atoms with Gasteiger partial charge in [-0.1, -0.05) is 0 Å². The number of nitrogens with one attached hydrogen (secondary N) is 1. The topological polar surface area (TPSA) is 80.4 Å². The summed E-state index contributed by atoms with van der Waals surface area (Å²) in [6.07, 6.45) is -1.83. The summed E-state index contributed by atoms with van der Waals surface area (Å²) in [6.45, 7) is 0. The molecule has 0 spiro atoms. The van der Waals surface area contributed by atoms with Crippen molar-refractivity contribution in [1.29, 1.82) is 0 Å². The summed E-state index contributed by atoms with van der Waals surface area (Å²) >= 11 is 1.09. The Morgan fingerprint density at radius 2 is 2.16 bits per heavy atom. The second-order valence-corrected chi connectivity index (χ2v) is 6.31. The number of nitrogens with zero attached hydrogens (tertiary/aromatic N) is 2. The minimum atomic E-state index is -3.61. The van der Waals surface area contributed by atoms with Crippen molar-refractivity contribution in [1.82, 2.24) is 4.98 Å². The molecule has 0 saturated carbocycles. The molecule has 2 atom stereocenters. The Bertz CT molecular complexity index is 825. The van der Waals surface area contributed by atoms with Crippen LogP contribution in [0.1, 0.15) is 27.8 Å². The molecule has 0 radical (unpaired) electrons. The van der Waals surface area contributed by atoms with Crippen LogP contribution < -0.4 is 11.1 Å². The lowest BCUT2D eigenvalue weighted by Gasteiger charge is -2.30. The van der Waals surface area contributed by atoms with Gasteiger partial charge in [0.1, 0.15) is 17.7 Å². The zero-order valence-electron chi connectivity index (χ0n) is 12.5. The predicted molar refractivity (Wildman–Crippen MR) is 85.3 cm³/mol. The Morgan fingerprint density at radius 1 is 1.40 bits per heavy atom. The van der Waals surface area contributed by atoms with E-state index in [1.54, 1.807) is 5.38 Å². The van der Waals surface area contributed by atoms with Crippen LogP contribution in [0.25, 0.3) is 0 Å². The number of nitrogens with two attached hydrogens (primary N) is 1. The van der Waals surface area contributed by atoms with E-state index in [-0.39, 0.29) is 10.7 Å². The quantitative estimate of drug-likeness (QED) is 0.811. The Balaban J connectivity index is 1.93. The van der Waals surface area contributed by atoms with E-state index in [4.69, 9.17) is 5.73 Å². The van der Waals surface area contributed by atoms with Gasteiger partial charge in [-0.25, -0.2) is 22.5 Å². The minimum absolute atomic E-state index is 0.0866. The third kappa shape index (κ3) is 3.48.